The summed E-state index contributed by atoms with van der Waals surface area (Å²) < 4.78 is 0. The van der Waals surface area contributed by atoms with Crippen LogP contribution in [0.1, 0.15) is 68.1 Å². The van der Waals surface area contributed by atoms with Crippen LogP contribution in [0.3, 0.4) is 0 Å². The minimum Gasteiger partial charge on any atom is -0.339 e. The summed E-state index contributed by atoms with van der Waals surface area (Å²) in [6.45, 7) is 3.56. The Kier molecular flexibility index (Phi) is 8.29. The van der Waals surface area contributed by atoms with Gasteiger partial charge in [-0.1, -0.05) is 43.7 Å². The Labute approximate surface area is 202 Å². The SMILES string of the molecule is O=C(CCC1CCCCC1)N1CCN(C(=O)C2CCCN(C(=O)c3ccc(Cl)cc3)C2)CC1. The molecule has 1 unspecified atom stereocenters. The monoisotopic (exact) mass is 473 g/mol. The summed E-state index contributed by atoms with van der Waals surface area (Å²) in [7, 11) is 0. The van der Waals surface area contributed by atoms with E-state index < -0.39 is 0 Å². The zero-order chi connectivity index (χ0) is 23.2. The molecule has 0 spiro atoms. The third kappa shape index (κ3) is 6.28. The van der Waals surface area contributed by atoms with Crippen LogP contribution >= 0.6 is 11.6 Å². The van der Waals surface area contributed by atoms with Crippen molar-refractivity contribution in [1.82, 2.24) is 14.7 Å². The lowest BCUT2D eigenvalue weighted by molar-refractivity contribution is -0.143. The summed E-state index contributed by atoms with van der Waals surface area (Å²) in [5.41, 5.74) is 0.604. The zero-order valence-corrected chi connectivity index (χ0v) is 20.3. The van der Waals surface area contributed by atoms with Crippen molar-refractivity contribution in [2.75, 3.05) is 39.3 Å². The van der Waals surface area contributed by atoms with Crippen LogP contribution < -0.4 is 0 Å². The number of benzene rings is 1. The van der Waals surface area contributed by atoms with Gasteiger partial charge in [-0.3, -0.25) is 14.4 Å². The zero-order valence-electron chi connectivity index (χ0n) is 19.5. The van der Waals surface area contributed by atoms with Crippen LogP contribution in [0.5, 0.6) is 0 Å². The number of hydrogen-bond donors (Lipinski definition) is 0. The first-order valence-electron chi connectivity index (χ1n) is 12.6. The number of likely N-dealkylation sites (tertiary alicyclic amines) is 1. The van der Waals surface area contributed by atoms with E-state index in [-0.39, 0.29) is 23.6 Å². The van der Waals surface area contributed by atoms with Gasteiger partial charge in [0, 0.05) is 56.3 Å². The lowest BCUT2D eigenvalue weighted by Crippen LogP contribution is -2.54. The summed E-state index contributed by atoms with van der Waals surface area (Å²) in [4.78, 5) is 44.3. The first kappa shape index (κ1) is 24.1. The van der Waals surface area contributed by atoms with Crippen LogP contribution in [0, 0.1) is 11.8 Å². The maximum absolute atomic E-state index is 13.2. The fourth-order valence-corrected chi connectivity index (χ4v) is 5.66. The highest BCUT2D eigenvalue weighted by Gasteiger charge is 2.33. The Morgan fingerprint density at radius 2 is 1.45 bits per heavy atom. The number of halogens is 1. The van der Waals surface area contributed by atoms with Gasteiger partial charge in [0.05, 0.1) is 5.92 Å². The number of piperazine rings is 1. The quantitative estimate of drug-likeness (QED) is 0.643. The lowest BCUT2D eigenvalue weighted by atomic mass is 9.86. The van der Waals surface area contributed by atoms with Crippen LogP contribution in [-0.4, -0.2) is 71.7 Å². The molecule has 2 aliphatic heterocycles. The maximum Gasteiger partial charge on any atom is 0.253 e. The average molecular weight is 474 g/mol. The van der Waals surface area contributed by atoms with E-state index in [1.807, 2.05) is 9.80 Å². The van der Waals surface area contributed by atoms with Crippen molar-refractivity contribution in [2.45, 2.75) is 57.8 Å². The number of amides is 3. The van der Waals surface area contributed by atoms with Gasteiger partial charge >= 0.3 is 0 Å². The highest BCUT2D eigenvalue weighted by molar-refractivity contribution is 6.30. The highest BCUT2D eigenvalue weighted by Crippen LogP contribution is 2.28. The van der Waals surface area contributed by atoms with E-state index >= 15 is 0 Å². The molecule has 0 N–H and O–H groups in total. The van der Waals surface area contributed by atoms with Gasteiger partial charge in [-0.2, -0.15) is 0 Å². The van der Waals surface area contributed by atoms with Crippen LogP contribution in [0.4, 0.5) is 0 Å². The van der Waals surface area contributed by atoms with Crippen LogP contribution in [0.2, 0.25) is 5.02 Å². The highest BCUT2D eigenvalue weighted by atomic mass is 35.5. The molecule has 3 amide bonds. The molecule has 1 saturated carbocycles. The number of nitrogens with zero attached hydrogens (tertiary/aromatic N) is 3. The largest absolute Gasteiger partial charge is 0.339 e. The van der Waals surface area contributed by atoms with Crippen molar-refractivity contribution in [1.29, 1.82) is 0 Å². The number of hydrogen-bond acceptors (Lipinski definition) is 3. The van der Waals surface area contributed by atoms with Crippen molar-refractivity contribution in [3.63, 3.8) is 0 Å². The molecule has 7 heteroatoms. The molecule has 2 heterocycles. The summed E-state index contributed by atoms with van der Waals surface area (Å²) in [6, 6.07) is 6.91. The lowest BCUT2D eigenvalue weighted by Gasteiger charge is -2.39. The molecule has 1 aliphatic carbocycles. The Hall–Kier alpha value is -2.08. The van der Waals surface area contributed by atoms with Gasteiger partial charge in [0.15, 0.2) is 0 Å². The van der Waals surface area contributed by atoms with E-state index in [0.29, 0.717) is 56.3 Å². The Bertz CT molecular complexity index is 830. The maximum atomic E-state index is 13.2. The molecule has 2 saturated heterocycles. The minimum atomic E-state index is -0.163. The fourth-order valence-electron chi connectivity index (χ4n) is 5.53. The van der Waals surface area contributed by atoms with Gasteiger partial charge in [0.1, 0.15) is 0 Å². The predicted molar refractivity (Wildman–Crippen MR) is 129 cm³/mol. The average Bonchev–Trinajstić information content (AvgIpc) is 2.87. The van der Waals surface area contributed by atoms with Crippen molar-refractivity contribution in [2.24, 2.45) is 11.8 Å². The number of carbonyl (C=O) groups is 3. The molecule has 6 nitrogen and oxygen atoms in total. The van der Waals surface area contributed by atoms with Crippen LogP contribution in [0.15, 0.2) is 24.3 Å². The van der Waals surface area contributed by atoms with Gasteiger partial charge in [-0.15, -0.1) is 0 Å². The summed E-state index contributed by atoms with van der Waals surface area (Å²) >= 11 is 5.94. The van der Waals surface area contributed by atoms with E-state index in [1.165, 1.54) is 32.1 Å². The summed E-state index contributed by atoms with van der Waals surface area (Å²) in [5, 5.41) is 0.602. The first-order valence-corrected chi connectivity index (χ1v) is 13.0. The topological polar surface area (TPSA) is 60.9 Å². The van der Waals surface area contributed by atoms with E-state index in [2.05, 4.69) is 0 Å². The van der Waals surface area contributed by atoms with Crippen molar-refractivity contribution >= 4 is 29.3 Å². The van der Waals surface area contributed by atoms with Crippen LogP contribution in [-0.2, 0) is 9.59 Å². The number of rotatable bonds is 5. The van der Waals surface area contributed by atoms with Crippen molar-refractivity contribution in [3.8, 4) is 0 Å². The van der Waals surface area contributed by atoms with Crippen molar-refractivity contribution < 1.29 is 14.4 Å². The van der Waals surface area contributed by atoms with Gasteiger partial charge < -0.3 is 14.7 Å². The molecule has 0 bridgehead atoms. The Balaban J connectivity index is 1.23. The molecule has 180 valence electrons. The second-order valence-corrected chi connectivity index (χ2v) is 10.3. The van der Waals surface area contributed by atoms with Gasteiger partial charge in [-0.05, 0) is 49.4 Å². The molecule has 1 aromatic carbocycles. The second-order valence-electron chi connectivity index (χ2n) is 9.85. The molecule has 0 aromatic heterocycles. The molecule has 3 aliphatic rings. The van der Waals surface area contributed by atoms with Gasteiger partial charge in [0.25, 0.3) is 5.91 Å². The van der Waals surface area contributed by atoms with Crippen LogP contribution in [0.25, 0.3) is 0 Å². The van der Waals surface area contributed by atoms with Crippen molar-refractivity contribution in [3.05, 3.63) is 34.9 Å². The summed E-state index contributed by atoms with van der Waals surface area (Å²) in [5.74, 6) is 0.875. The first-order chi connectivity index (χ1) is 16.0. The predicted octanol–water partition coefficient (Wildman–Crippen LogP) is 4.22. The Morgan fingerprint density at radius 3 is 2.15 bits per heavy atom. The van der Waals surface area contributed by atoms with Gasteiger partial charge in [0.2, 0.25) is 11.8 Å². The van der Waals surface area contributed by atoms with E-state index in [0.717, 1.165) is 25.2 Å². The standard InChI is InChI=1S/C26H36ClN3O3/c27-23-11-9-21(10-12-23)25(32)30-14-4-7-22(19-30)26(33)29-17-15-28(16-18-29)24(31)13-8-20-5-2-1-3-6-20/h9-12,20,22H,1-8,13-19H2. The Morgan fingerprint density at radius 1 is 0.788 bits per heavy atom. The van der Waals surface area contributed by atoms with E-state index in [1.54, 1.807) is 29.2 Å². The smallest absolute Gasteiger partial charge is 0.253 e. The molecular weight excluding hydrogens is 438 g/mol. The normalized spacial score (nSPS) is 22.3. The fraction of sp³-hybridized carbons (Fsp3) is 0.654. The molecule has 1 atom stereocenters. The second kappa shape index (κ2) is 11.4. The molecular formula is C26H36ClN3O3. The van der Waals surface area contributed by atoms with E-state index in [9.17, 15) is 14.4 Å². The summed E-state index contributed by atoms with van der Waals surface area (Å²) in [6.07, 6.45) is 9.80. The molecule has 4 rings (SSSR count). The number of piperidine rings is 1. The molecule has 3 fully saturated rings. The minimum absolute atomic E-state index is 0.0439. The van der Waals surface area contributed by atoms with Gasteiger partial charge in [-0.25, -0.2) is 0 Å². The molecule has 0 radical (unpaired) electrons. The molecule has 1 aromatic rings. The molecule has 33 heavy (non-hydrogen) atoms. The third-order valence-corrected chi connectivity index (χ3v) is 7.84. The third-order valence-electron chi connectivity index (χ3n) is 7.58. The van der Waals surface area contributed by atoms with E-state index in [4.69, 9.17) is 11.6 Å². The number of carbonyl (C=O) groups excluding carboxylic acids is 3.